The SMILES string of the molecule is CCN(CC)CCCNc1nc(N)nc2c1CCCC2. The molecule has 5 heteroatoms. The Bertz CT molecular complexity index is 429. The number of nitrogens with one attached hydrogen (secondary N) is 1. The van der Waals surface area contributed by atoms with E-state index < -0.39 is 0 Å². The van der Waals surface area contributed by atoms with Crippen molar-refractivity contribution in [3.05, 3.63) is 11.3 Å². The number of hydrogen-bond donors (Lipinski definition) is 2. The van der Waals surface area contributed by atoms with Crippen molar-refractivity contribution in [1.82, 2.24) is 14.9 Å². The summed E-state index contributed by atoms with van der Waals surface area (Å²) in [7, 11) is 0. The summed E-state index contributed by atoms with van der Waals surface area (Å²) in [6.45, 7) is 8.72. The molecule has 0 saturated carbocycles. The predicted molar refractivity (Wildman–Crippen MR) is 84.0 cm³/mol. The molecule has 0 unspecified atom stereocenters. The van der Waals surface area contributed by atoms with Crippen molar-refractivity contribution < 1.29 is 0 Å². The highest BCUT2D eigenvalue weighted by Gasteiger charge is 2.16. The van der Waals surface area contributed by atoms with E-state index in [0.717, 1.165) is 57.0 Å². The highest BCUT2D eigenvalue weighted by Crippen LogP contribution is 2.25. The van der Waals surface area contributed by atoms with Gasteiger partial charge in [-0.15, -0.1) is 0 Å². The first-order valence-corrected chi connectivity index (χ1v) is 7.86. The van der Waals surface area contributed by atoms with Gasteiger partial charge in [-0.3, -0.25) is 0 Å². The van der Waals surface area contributed by atoms with Gasteiger partial charge in [0.05, 0.1) is 5.69 Å². The number of nitrogens with two attached hydrogens (primary N) is 1. The summed E-state index contributed by atoms with van der Waals surface area (Å²) in [5, 5.41) is 3.46. The molecule has 0 saturated heterocycles. The molecule has 1 aliphatic carbocycles. The van der Waals surface area contributed by atoms with E-state index in [1.54, 1.807) is 0 Å². The van der Waals surface area contributed by atoms with E-state index in [-0.39, 0.29) is 0 Å². The number of rotatable bonds is 7. The number of aryl methyl sites for hydroxylation is 1. The lowest BCUT2D eigenvalue weighted by Crippen LogP contribution is -2.25. The Balaban J connectivity index is 1.91. The van der Waals surface area contributed by atoms with Gasteiger partial charge in [0.2, 0.25) is 5.95 Å². The summed E-state index contributed by atoms with van der Waals surface area (Å²) in [6, 6.07) is 0. The van der Waals surface area contributed by atoms with Gasteiger partial charge in [0.15, 0.2) is 0 Å². The average molecular weight is 277 g/mol. The van der Waals surface area contributed by atoms with Crippen molar-refractivity contribution in [2.75, 3.05) is 37.2 Å². The average Bonchev–Trinajstić information content (AvgIpc) is 2.47. The van der Waals surface area contributed by atoms with Crippen LogP contribution in [0.2, 0.25) is 0 Å². The first-order chi connectivity index (χ1) is 9.74. The van der Waals surface area contributed by atoms with Crippen molar-refractivity contribution in [3.63, 3.8) is 0 Å². The molecule has 3 N–H and O–H groups in total. The zero-order valence-electron chi connectivity index (χ0n) is 12.8. The van der Waals surface area contributed by atoms with Crippen LogP contribution in [0.4, 0.5) is 11.8 Å². The van der Waals surface area contributed by atoms with Crippen LogP contribution >= 0.6 is 0 Å². The van der Waals surface area contributed by atoms with Crippen LogP contribution in [0.15, 0.2) is 0 Å². The highest BCUT2D eigenvalue weighted by atomic mass is 15.1. The van der Waals surface area contributed by atoms with Gasteiger partial charge < -0.3 is 16.0 Å². The topological polar surface area (TPSA) is 67.1 Å². The largest absolute Gasteiger partial charge is 0.370 e. The summed E-state index contributed by atoms with van der Waals surface area (Å²) < 4.78 is 0. The Morgan fingerprint density at radius 3 is 2.65 bits per heavy atom. The third-order valence-corrected chi connectivity index (χ3v) is 4.04. The van der Waals surface area contributed by atoms with Gasteiger partial charge in [-0.1, -0.05) is 13.8 Å². The maximum atomic E-state index is 5.81. The van der Waals surface area contributed by atoms with Crippen LogP contribution in [-0.2, 0) is 12.8 Å². The summed E-state index contributed by atoms with van der Waals surface area (Å²) >= 11 is 0. The molecule has 112 valence electrons. The van der Waals surface area contributed by atoms with Gasteiger partial charge in [-0.25, -0.2) is 4.98 Å². The molecule has 2 rings (SSSR count). The second kappa shape index (κ2) is 7.43. The summed E-state index contributed by atoms with van der Waals surface area (Å²) in [5.74, 6) is 1.36. The molecule has 0 aromatic carbocycles. The van der Waals surface area contributed by atoms with Crippen molar-refractivity contribution in [2.45, 2.75) is 46.0 Å². The monoisotopic (exact) mass is 277 g/mol. The Kier molecular flexibility index (Phi) is 5.59. The van der Waals surface area contributed by atoms with Gasteiger partial charge in [0.25, 0.3) is 0 Å². The fraction of sp³-hybridized carbons (Fsp3) is 0.733. The van der Waals surface area contributed by atoms with Gasteiger partial charge >= 0.3 is 0 Å². The van der Waals surface area contributed by atoms with Crippen molar-refractivity contribution in [2.24, 2.45) is 0 Å². The molecule has 1 heterocycles. The van der Waals surface area contributed by atoms with Crippen molar-refractivity contribution in [1.29, 1.82) is 0 Å². The Hall–Kier alpha value is -1.36. The zero-order valence-corrected chi connectivity index (χ0v) is 12.8. The molecule has 5 nitrogen and oxygen atoms in total. The Morgan fingerprint density at radius 2 is 1.90 bits per heavy atom. The zero-order chi connectivity index (χ0) is 14.4. The number of nitrogens with zero attached hydrogens (tertiary/aromatic N) is 3. The van der Waals surface area contributed by atoms with Crippen LogP contribution in [0.5, 0.6) is 0 Å². The molecular weight excluding hydrogens is 250 g/mol. The fourth-order valence-electron chi connectivity index (χ4n) is 2.81. The molecule has 1 aliphatic rings. The lowest BCUT2D eigenvalue weighted by atomic mass is 9.96. The Labute approximate surface area is 122 Å². The minimum atomic E-state index is 0.400. The van der Waals surface area contributed by atoms with E-state index in [9.17, 15) is 0 Å². The van der Waals surface area contributed by atoms with Gasteiger partial charge in [0.1, 0.15) is 5.82 Å². The number of aromatic nitrogens is 2. The summed E-state index contributed by atoms with van der Waals surface area (Å²) in [4.78, 5) is 11.2. The lowest BCUT2D eigenvalue weighted by molar-refractivity contribution is 0.303. The molecule has 0 spiro atoms. The second-order valence-electron chi connectivity index (χ2n) is 5.37. The van der Waals surface area contributed by atoms with E-state index in [2.05, 4.69) is 34.0 Å². The molecule has 0 radical (unpaired) electrons. The van der Waals surface area contributed by atoms with Crippen LogP contribution in [0.1, 0.15) is 44.4 Å². The van der Waals surface area contributed by atoms with E-state index >= 15 is 0 Å². The third kappa shape index (κ3) is 3.82. The number of anilines is 2. The molecular formula is C15H27N5. The number of nitrogen functional groups attached to an aromatic ring is 1. The van der Waals surface area contributed by atoms with Crippen LogP contribution in [0.3, 0.4) is 0 Å². The summed E-state index contributed by atoms with van der Waals surface area (Å²) in [6.07, 6.45) is 5.68. The normalized spacial score (nSPS) is 14.3. The Morgan fingerprint density at radius 1 is 1.15 bits per heavy atom. The van der Waals surface area contributed by atoms with Crippen LogP contribution in [0, 0.1) is 0 Å². The molecule has 1 aromatic rings. The minimum Gasteiger partial charge on any atom is -0.370 e. The van der Waals surface area contributed by atoms with Crippen LogP contribution < -0.4 is 11.1 Å². The molecule has 0 bridgehead atoms. The maximum Gasteiger partial charge on any atom is 0.222 e. The van der Waals surface area contributed by atoms with E-state index in [4.69, 9.17) is 5.73 Å². The number of hydrogen-bond acceptors (Lipinski definition) is 5. The molecule has 1 aromatic heterocycles. The predicted octanol–water partition coefficient (Wildman–Crippen LogP) is 2.08. The molecule has 20 heavy (non-hydrogen) atoms. The molecule has 0 fully saturated rings. The van der Waals surface area contributed by atoms with E-state index in [0.29, 0.717) is 5.95 Å². The maximum absolute atomic E-state index is 5.81. The minimum absolute atomic E-state index is 0.400. The van der Waals surface area contributed by atoms with E-state index in [1.165, 1.54) is 18.4 Å². The van der Waals surface area contributed by atoms with Gasteiger partial charge in [-0.05, 0) is 51.7 Å². The van der Waals surface area contributed by atoms with Crippen molar-refractivity contribution >= 4 is 11.8 Å². The first kappa shape index (κ1) is 15.0. The van der Waals surface area contributed by atoms with Crippen LogP contribution in [0.25, 0.3) is 0 Å². The molecule has 0 amide bonds. The second-order valence-corrected chi connectivity index (χ2v) is 5.37. The fourth-order valence-corrected chi connectivity index (χ4v) is 2.81. The highest BCUT2D eigenvalue weighted by molar-refractivity contribution is 5.50. The van der Waals surface area contributed by atoms with E-state index in [1.807, 2.05) is 0 Å². The molecule has 0 aliphatic heterocycles. The van der Waals surface area contributed by atoms with Crippen LogP contribution in [-0.4, -0.2) is 41.0 Å². The lowest BCUT2D eigenvalue weighted by Gasteiger charge is -2.20. The third-order valence-electron chi connectivity index (χ3n) is 4.04. The number of fused-ring (bicyclic) bond motifs is 1. The smallest absolute Gasteiger partial charge is 0.222 e. The van der Waals surface area contributed by atoms with Gasteiger partial charge in [0, 0.05) is 12.1 Å². The van der Waals surface area contributed by atoms with Crippen molar-refractivity contribution in [3.8, 4) is 0 Å². The molecule has 0 atom stereocenters. The quantitative estimate of drug-likeness (QED) is 0.747. The first-order valence-electron chi connectivity index (χ1n) is 7.86. The summed E-state index contributed by atoms with van der Waals surface area (Å²) in [5.41, 5.74) is 8.24. The van der Waals surface area contributed by atoms with Gasteiger partial charge in [-0.2, -0.15) is 4.98 Å². The standard InChI is InChI=1S/C15H27N5/c1-3-20(4-2)11-7-10-17-14-12-8-5-6-9-13(12)18-15(16)19-14/h3-11H2,1-2H3,(H3,16,17,18,19).